The number of rotatable bonds is 2. The highest BCUT2D eigenvalue weighted by Crippen LogP contribution is 2.29. The Kier molecular flexibility index (Phi) is 2.56. The van der Waals surface area contributed by atoms with Crippen LogP contribution in [0.1, 0.15) is 16.8 Å². The summed E-state index contributed by atoms with van der Waals surface area (Å²) in [6.07, 6.45) is 1.37. The second-order valence-corrected chi connectivity index (χ2v) is 3.55. The van der Waals surface area contributed by atoms with E-state index in [1.54, 1.807) is 0 Å². The Hall–Kier alpha value is -1.61. The van der Waals surface area contributed by atoms with Gasteiger partial charge in [-0.2, -0.15) is 0 Å². The van der Waals surface area contributed by atoms with Crippen LogP contribution in [0, 0.1) is 13.8 Å². The first kappa shape index (κ1) is 9.93. The number of oxazole rings is 1. The van der Waals surface area contributed by atoms with Crippen molar-refractivity contribution in [2.45, 2.75) is 20.5 Å². The van der Waals surface area contributed by atoms with Gasteiger partial charge in [-0.25, -0.2) is 4.98 Å². The number of aliphatic hydroxyl groups excluding tert-OH is 1. The van der Waals surface area contributed by atoms with E-state index in [0.29, 0.717) is 11.5 Å². The van der Waals surface area contributed by atoms with Crippen molar-refractivity contribution in [1.82, 2.24) is 4.98 Å². The van der Waals surface area contributed by atoms with Crippen LogP contribution in [-0.2, 0) is 6.61 Å². The molecule has 0 unspecified atom stereocenters. The smallest absolute Gasteiger partial charge is 0.181 e. The molecule has 0 saturated heterocycles. The Labute approximate surface area is 88.4 Å². The van der Waals surface area contributed by atoms with E-state index in [0.717, 1.165) is 16.7 Å². The largest absolute Gasteiger partial charge is 0.443 e. The second kappa shape index (κ2) is 3.87. The van der Waals surface area contributed by atoms with Gasteiger partial charge in [0.2, 0.25) is 0 Å². The lowest BCUT2D eigenvalue weighted by Crippen LogP contribution is -1.91. The van der Waals surface area contributed by atoms with Gasteiger partial charge in [-0.3, -0.25) is 0 Å². The molecule has 78 valence electrons. The van der Waals surface area contributed by atoms with Gasteiger partial charge in [0.25, 0.3) is 0 Å². The molecule has 1 aromatic heterocycles. The van der Waals surface area contributed by atoms with Crippen molar-refractivity contribution in [3.05, 3.63) is 41.4 Å². The minimum absolute atomic E-state index is 0.0976. The average molecular weight is 203 g/mol. The predicted octanol–water partition coefficient (Wildman–Crippen LogP) is 2.45. The van der Waals surface area contributed by atoms with E-state index < -0.39 is 0 Å². The molecular weight excluding hydrogens is 190 g/mol. The summed E-state index contributed by atoms with van der Waals surface area (Å²) in [6.45, 7) is 3.94. The van der Waals surface area contributed by atoms with E-state index in [1.165, 1.54) is 6.39 Å². The summed E-state index contributed by atoms with van der Waals surface area (Å²) in [5.41, 5.74) is 3.87. The molecule has 0 bridgehead atoms. The molecule has 2 rings (SSSR count). The molecule has 0 radical (unpaired) electrons. The van der Waals surface area contributed by atoms with Crippen LogP contribution >= 0.6 is 0 Å². The first-order valence-corrected chi connectivity index (χ1v) is 4.84. The highest BCUT2D eigenvalue weighted by Gasteiger charge is 2.13. The molecule has 0 fully saturated rings. The fourth-order valence-corrected chi connectivity index (χ4v) is 1.76. The fraction of sp³-hybridized carbons (Fsp3) is 0.250. The maximum atomic E-state index is 9.13. The molecule has 3 nitrogen and oxygen atoms in total. The van der Waals surface area contributed by atoms with Crippen LogP contribution in [0.3, 0.4) is 0 Å². The molecular formula is C12H13NO2. The van der Waals surface area contributed by atoms with Gasteiger partial charge in [0.05, 0.1) is 6.61 Å². The molecule has 1 aromatic carbocycles. The zero-order valence-corrected chi connectivity index (χ0v) is 8.82. The lowest BCUT2D eigenvalue weighted by atomic mass is 10.00. The molecule has 0 aliphatic rings. The molecule has 2 aromatic rings. The Morgan fingerprint density at radius 1 is 1.27 bits per heavy atom. The molecule has 0 aliphatic carbocycles. The van der Waals surface area contributed by atoms with Gasteiger partial charge in [0, 0.05) is 5.56 Å². The Bertz CT molecular complexity index is 454. The van der Waals surface area contributed by atoms with Gasteiger partial charge in [-0.05, 0) is 25.0 Å². The van der Waals surface area contributed by atoms with E-state index in [1.807, 2.05) is 32.0 Å². The van der Waals surface area contributed by atoms with E-state index in [-0.39, 0.29) is 6.61 Å². The van der Waals surface area contributed by atoms with Gasteiger partial charge >= 0.3 is 0 Å². The van der Waals surface area contributed by atoms with Crippen molar-refractivity contribution in [2.24, 2.45) is 0 Å². The topological polar surface area (TPSA) is 46.3 Å². The summed E-state index contributed by atoms with van der Waals surface area (Å²) in [5.74, 6) is 0.674. The molecule has 1 N–H and O–H groups in total. The van der Waals surface area contributed by atoms with Crippen LogP contribution in [0.2, 0.25) is 0 Å². The molecule has 3 heteroatoms. The summed E-state index contributed by atoms with van der Waals surface area (Å²) in [4.78, 5) is 3.98. The minimum Gasteiger partial charge on any atom is -0.443 e. The van der Waals surface area contributed by atoms with Crippen molar-refractivity contribution in [3.8, 4) is 11.3 Å². The lowest BCUT2D eigenvalue weighted by Gasteiger charge is -2.07. The van der Waals surface area contributed by atoms with Gasteiger partial charge in [-0.1, -0.05) is 18.2 Å². The Morgan fingerprint density at radius 3 is 2.53 bits per heavy atom. The van der Waals surface area contributed by atoms with Crippen LogP contribution in [-0.4, -0.2) is 10.1 Å². The normalized spacial score (nSPS) is 10.6. The van der Waals surface area contributed by atoms with Crippen LogP contribution in [0.25, 0.3) is 11.3 Å². The predicted molar refractivity (Wildman–Crippen MR) is 57.3 cm³/mol. The summed E-state index contributed by atoms with van der Waals surface area (Å²) in [5, 5.41) is 9.13. The highest BCUT2D eigenvalue weighted by atomic mass is 16.3. The number of hydrogen-bond donors (Lipinski definition) is 1. The quantitative estimate of drug-likeness (QED) is 0.815. The monoisotopic (exact) mass is 203 g/mol. The van der Waals surface area contributed by atoms with Gasteiger partial charge in [0.1, 0.15) is 5.69 Å². The third-order valence-electron chi connectivity index (χ3n) is 2.50. The summed E-state index contributed by atoms with van der Waals surface area (Å²) in [6, 6.07) is 6.04. The van der Waals surface area contributed by atoms with Gasteiger partial charge < -0.3 is 9.52 Å². The molecule has 0 amide bonds. The summed E-state index contributed by atoms with van der Waals surface area (Å²) in [7, 11) is 0. The highest BCUT2D eigenvalue weighted by molar-refractivity contribution is 5.67. The van der Waals surface area contributed by atoms with Crippen molar-refractivity contribution < 1.29 is 9.52 Å². The number of aromatic nitrogens is 1. The van der Waals surface area contributed by atoms with Crippen LogP contribution in [0.4, 0.5) is 0 Å². The first-order valence-electron chi connectivity index (χ1n) is 4.84. The third-order valence-corrected chi connectivity index (χ3v) is 2.50. The summed E-state index contributed by atoms with van der Waals surface area (Å²) < 4.78 is 5.33. The maximum Gasteiger partial charge on any atom is 0.181 e. The van der Waals surface area contributed by atoms with Crippen molar-refractivity contribution in [3.63, 3.8) is 0 Å². The lowest BCUT2D eigenvalue weighted by molar-refractivity contribution is 0.277. The average Bonchev–Trinajstić information content (AvgIpc) is 2.65. The molecule has 1 heterocycles. The number of nitrogens with zero attached hydrogens (tertiary/aromatic N) is 1. The van der Waals surface area contributed by atoms with Crippen LogP contribution in [0.5, 0.6) is 0 Å². The van der Waals surface area contributed by atoms with Crippen LogP contribution in [0.15, 0.2) is 29.0 Å². The van der Waals surface area contributed by atoms with Gasteiger partial charge in [0.15, 0.2) is 12.2 Å². The van der Waals surface area contributed by atoms with E-state index in [9.17, 15) is 0 Å². The van der Waals surface area contributed by atoms with E-state index >= 15 is 0 Å². The third kappa shape index (κ3) is 1.66. The number of benzene rings is 1. The Morgan fingerprint density at radius 2 is 1.93 bits per heavy atom. The minimum atomic E-state index is -0.0976. The van der Waals surface area contributed by atoms with Crippen molar-refractivity contribution >= 4 is 0 Å². The first-order chi connectivity index (χ1) is 7.24. The SMILES string of the molecule is Cc1cccc(C)c1-c1ocnc1CO. The van der Waals surface area contributed by atoms with E-state index in [2.05, 4.69) is 4.98 Å². The van der Waals surface area contributed by atoms with Crippen molar-refractivity contribution in [2.75, 3.05) is 0 Å². The zero-order chi connectivity index (χ0) is 10.8. The molecule has 0 atom stereocenters. The Balaban J connectivity index is 2.63. The zero-order valence-electron chi connectivity index (χ0n) is 8.82. The van der Waals surface area contributed by atoms with Gasteiger partial charge in [-0.15, -0.1) is 0 Å². The fourth-order valence-electron chi connectivity index (χ4n) is 1.76. The summed E-state index contributed by atoms with van der Waals surface area (Å²) >= 11 is 0. The molecule has 0 saturated carbocycles. The van der Waals surface area contributed by atoms with Crippen molar-refractivity contribution in [1.29, 1.82) is 0 Å². The number of aryl methyl sites for hydroxylation is 2. The maximum absolute atomic E-state index is 9.13. The number of hydrogen-bond acceptors (Lipinski definition) is 3. The standard InChI is InChI=1S/C12H13NO2/c1-8-4-3-5-9(2)11(8)12-10(6-14)13-7-15-12/h3-5,7,14H,6H2,1-2H3. The molecule has 15 heavy (non-hydrogen) atoms. The van der Waals surface area contributed by atoms with E-state index in [4.69, 9.17) is 9.52 Å². The van der Waals surface area contributed by atoms with Crippen LogP contribution < -0.4 is 0 Å². The number of aliphatic hydroxyl groups is 1. The second-order valence-electron chi connectivity index (χ2n) is 3.55. The molecule has 0 spiro atoms. The molecule has 0 aliphatic heterocycles.